The number of nitrogens with zero attached hydrogens (tertiary/aromatic N) is 1. The van der Waals surface area contributed by atoms with E-state index in [1.54, 1.807) is 0 Å². The van der Waals surface area contributed by atoms with Crippen LogP contribution in [0.15, 0.2) is 10.6 Å². The number of carboxylic acid groups (broad SMARTS) is 1. The number of amides is 2. The summed E-state index contributed by atoms with van der Waals surface area (Å²) in [6.07, 6.45) is 0.141. The Balaban J connectivity index is 2.32. The number of carboxylic acids is 1. The summed E-state index contributed by atoms with van der Waals surface area (Å²) in [5.41, 5.74) is -0.134. The van der Waals surface area contributed by atoms with Gasteiger partial charge in [-0.3, -0.25) is 9.59 Å². The van der Waals surface area contributed by atoms with Crippen molar-refractivity contribution in [1.29, 1.82) is 0 Å². The molecule has 20 heavy (non-hydrogen) atoms. The van der Waals surface area contributed by atoms with Gasteiger partial charge in [0, 0.05) is 25.6 Å². The van der Waals surface area contributed by atoms with Gasteiger partial charge in [-0.25, -0.2) is 4.79 Å². The highest BCUT2D eigenvalue weighted by atomic mass is 16.5. The van der Waals surface area contributed by atoms with Crippen LogP contribution in [0.5, 0.6) is 0 Å². The minimum Gasteiger partial charge on any atom is -0.475 e. The highest BCUT2D eigenvalue weighted by Gasteiger charge is 2.16. The van der Waals surface area contributed by atoms with Crippen LogP contribution in [0.3, 0.4) is 0 Å². The Hall–Kier alpha value is -2.38. The van der Waals surface area contributed by atoms with E-state index in [1.165, 1.54) is 0 Å². The van der Waals surface area contributed by atoms with Crippen LogP contribution < -0.4 is 10.6 Å². The topological polar surface area (TPSA) is 122 Å². The molecule has 1 rings (SSSR count). The second-order valence-electron chi connectivity index (χ2n) is 4.59. The quantitative estimate of drug-likeness (QED) is 0.660. The first-order valence-electron chi connectivity index (χ1n) is 6.15. The van der Waals surface area contributed by atoms with Crippen LogP contribution in [0.1, 0.15) is 41.3 Å². The van der Waals surface area contributed by atoms with E-state index in [4.69, 9.17) is 5.11 Å². The average Bonchev–Trinajstić information content (AvgIpc) is 2.86. The first kappa shape index (κ1) is 15.7. The molecule has 2 amide bonds. The number of rotatable bonds is 7. The fourth-order valence-corrected chi connectivity index (χ4v) is 1.27. The number of hydrogen-bond acceptors (Lipinski definition) is 5. The zero-order chi connectivity index (χ0) is 15.1. The molecule has 1 aromatic heterocycles. The molecule has 0 spiro atoms. The summed E-state index contributed by atoms with van der Waals surface area (Å²) in [7, 11) is 0. The summed E-state index contributed by atoms with van der Waals surface area (Å²) in [5, 5.41) is 17.1. The predicted octanol–water partition coefficient (Wildman–Crippen LogP) is 0.265. The van der Waals surface area contributed by atoms with Crippen molar-refractivity contribution in [3.63, 3.8) is 0 Å². The Morgan fingerprint density at radius 1 is 1.35 bits per heavy atom. The van der Waals surface area contributed by atoms with Crippen molar-refractivity contribution in [3.8, 4) is 0 Å². The fourth-order valence-electron chi connectivity index (χ4n) is 1.27. The van der Waals surface area contributed by atoms with Gasteiger partial charge in [0.1, 0.15) is 0 Å². The Kier molecular flexibility index (Phi) is 5.70. The van der Waals surface area contributed by atoms with E-state index in [0.29, 0.717) is 12.5 Å². The molecule has 0 unspecified atom stereocenters. The Bertz CT molecular complexity index is 495. The van der Waals surface area contributed by atoms with Crippen LogP contribution in [0, 0.1) is 5.92 Å². The molecule has 0 bridgehead atoms. The molecular formula is C12H17N3O5. The SMILES string of the molecule is CC(C)CNC(=O)CCNC(=O)c1cc(C(=O)O)on1. The van der Waals surface area contributed by atoms with Gasteiger partial charge in [0.15, 0.2) is 5.69 Å². The number of aromatic nitrogens is 1. The van der Waals surface area contributed by atoms with Crippen molar-refractivity contribution in [2.24, 2.45) is 5.92 Å². The van der Waals surface area contributed by atoms with E-state index < -0.39 is 17.6 Å². The fraction of sp³-hybridized carbons (Fsp3) is 0.500. The lowest BCUT2D eigenvalue weighted by Gasteiger charge is -2.07. The molecule has 0 atom stereocenters. The zero-order valence-corrected chi connectivity index (χ0v) is 11.3. The molecule has 0 radical (unpaired) electrons. The van der Waals surface area contributed by atoms with E-state index in [1.807, 2.05) is 13.8 Å². The molecule has 0 aliphatic carbocycles. The average molecular weight is 283 g/mol. The smallest absolute Gasteiger partial charge is 0.374 e. The van der Waals surface area contributed by atoms with Crippen LogP contribution in [0.4, 0.5) is 0 Å². The third-order valence-electron chi connectivity index (χ3n) is 2.30. The first-order chi connectivity index (χ1) is 9.40. The molecule has 3 N–H and O–H groups in total. The molecular weight excluding hydrogens is 266 g/mol. The lowest BCUT2D eigenvalue weighted by atomic mass is 10.2. The Labute approximate surface area is 115 Å². The lowest BCUT2D eigenvalue weighted by molar-refractivity contribution is -0.121. The van der Waals surface area contributed by atoms with E-state index in [9.17, 15) is 14.4 Å². The van der Waals surface area contributed by atoms with Gasteiger partial charge in [0.2, 0.25) is 11.7 Å². The van der Waals surface area contributed by atoms with Crippen molar-refractivity contribution in [3.05, 3.63) is 17.5 Å². The second kappa shape index (κ2) is 7.27. The minimum atomic E-state index is -1.30. The summed E-state index contributed by atoms with van der Waals surface area (Å²) in [4.78, 5) is 33.5. The van der Waals surface area contributed by atoms with Crippen LogP contribution in [-0.2, 0) is 4.79 Å². The summed E-state index contributed by atoms with van der Waals surface area (Å²) in [6, 6.07) is 1.02. The van der Waals surface area contributed by atoms with Gasteiger partial charge in [-0.05, 0) is 5.92 Å². The van der Waals surface area contributed by atoms with Crippen molar-refractivity contribution in [2.45, 2.75) is 20.3 Å². The van der Waals surface area contributed by atoms with Crippen molar-refractivity contribution in [1.82, 2.24) is 15.8 Å². The van der Waals surface area contributed by atoms with E-state index in [-0.39, 0.29) is 24.6 Å². The Morgan fingerprint density at radius 2 is 2.05 bits per heavy atom. The van der Waals surface area contributed by atoms with Crippen molar-refractivity contribution >= 4 is 17.8 Å². The highest BCUT2D eigenvalue weighted by Crippen LogP contribution is 2.03. The highest BCUT2D eigenvalue weighted by molar-refractivity contribution is 5.95. The summed E-state index contributed by atoms with van der Waals surface area (Å²) >= 11 is 0. The maximum absolute atomic E-state index is 11.6. The van der Waals surface area contributed by atoms with Crippen LogP contribution in [0.2, 0.25) is 0 Å². The monoisotopic (exact) mass is 283 g/mol. The molecule has 1 heterocycles. The molecule has 0 saturated carbocycles. The molecule has 0 aliphatic heterocycles. The molecule has 0 aliphatic rings. The lowest BCUT2D eigenvalue weighted by Crippen LogP contribution is -2.32. The number of carbonyl (C=O) groups excluding carboxylic acids is 2. The number of nitrogens with one attached hydrogen (secondary N) is 2. The number of hydrogen-bond donors (Lipinski definition) is 3. The maximum Gasteiger partial charge on any atom is 0.374 e. The Morgan fingerprint density at radius 3 is 2.60 bits per heavy atom. The summed E-state index contributed by atoms with van der Waals surface area (Å²) in [6.45, 7) is 4.68. The van der Waals surface area contributed by atoms with Gasteiger partial charge in [-0.2, -0.15) is 0 Å². The van der Waals surface area contributed by atoms with Crippen molar-refractivity contribution in [2.75, 3.05) is 13.1 Å². The summed E-state index contributed by atoms with van der Waals surface area (Å²) < 4.78 is 4.45. The predicted molar refractivity (Wildman–Crippen MR) is 68.3 cm³/mol. The van der Waals surface area contributed by atoms with Crippen LogP contribution >= 0.6 is 0 Å². The van der Waals surface area contributed by atoms with Gasteiger partial charge in [0.05, 0.1) is 0 Å². The molecule has 0 aromatic carbocycles. The van der Waals surface area contributed by atoms with Crippen molar-refractivity contribution < 1.29 is 24.0 Å². The molecule has 0 saturated heterocycles. The third-order valence-corrected chi connectivity index (χ3v) is 2.30. The van der Waals surface area contributed by atoms with Gasteiger partial charge >= 0.3 is 5.97 Å². The normalized spacial score (nSPS) is 10.3. The maximum atomic E-state index is 11.6. The molecule has 110 valence electrons. The third kappa shape index (κ3) is 5.09. The minimum absolute atomic E-state index is 0.134. The summed E-state index contributed by atoms with van der Waals surface area (Å²) in [5.74, 6) is -2.10. The van der Waals surface area contributed by atoms with Crippen LogP contribution in [-0.4, -0.2) is 41.1 Å². The standard InChI is InChI=1S/C12H17N3O5/c1-7(2)6-14-10(16)3-4-13-11(17)8-5-9(12(18)19)20-15-8/h5,7H,3-4,6H2,1-2H3,(H,13,17)(H,14,16)(H,18,19). The van der Waals surface area contributed by atoms with Gasteiger partial charge in [-0.15, -0.1) is 0 Å². The molecule has 0 fully saturated rings. The van der Waals surface area contributed by atoms with Gasteiger partial charge in [-0.1, -0.05) is 19.0 Å². The van der Waals surface area contributed by atoms with Gasteiger partial charge < -0.3 is 20.3 Å². The van der Waals surface area contributed by atoms with E-state index in [2.05, 4.69) is 20.3 Å². The van der Waals surface area contributed by atoms with Crippen LogP contribution in [0.25, 0.3) is 0 Å². The molecule has 1 aromatic rings. The zero-order valence-electron chi connectivity index (χ0n) is 11.3. The second-order valence-corrected chi connectivity index (χ2v) is 4.59. The number of carbonyl (C=O) groups is 3. The van der Waals surface area contributed by atoms with E-state index >= 15 is 0 Å². The molecule has 8 heteroatoms. The largest absolute Gasteiger partial charge is 0.475 e. The number of aromatic carboxylic acids is 1. The van der Waals surface area contributed by atoms with E-state index in [0.717, 1.165) is 6.07 Å². The first-order valence-corrected chi connectivity index (χ1v) is 6.15. The van der Waals surface area contributed by atoms with Gasteiger partial charge in [0.25, 0.3) is 5.91 Å². The molecule has 8 nitrogen and oxygen atoms in total.